The maximum atomic E-state index is 5.72. The van der Waals surface area contributed by atoms with Crippen molar-refractivity contribution in [3.63, 3.8) is 0 Å². The lowest BCUT2D eigenvalue weighted by molar-refractivity contribution is -0.115. The fourth-order valence-corrected chi connectivity index (χ4v) is 2.18. The molecule has 2 saturated heterocycles. The van der Waals surface area contributed by atoms with Gasteiger partial charge >= 0.3 is 0 Å². The van der Waals surface area contributed by atoms with Gasteiger partial charge in [0, 0.05) is 11.9 Å². The summed E-state index contributed by atoms with van der Waals surface area (Å²) in [5.74, 6) is 0.461. The van der Waals surface area contributed by atoms with E-state index in [9.17, 15) is 0 Å². The molecule has 0 aliphatic carbocycles. The zero-order valence-corrected chi connectivity index (χ0v) is 7.04. The fraction of sp³-hybridized carbons (Fsp3) is 1.00. The van der Waals surface area contributed by atoms with Crippen molar-refractivity contribution >= 4 is 7.85 Å². The zero-order valence-electron chi connectivity index (χ0n) is 7.04. The summed E-state index contributed by atoms with van der Waals surface area (Å²) in [6, 6.07) is -0.196. The van der Waals surface area contributed by atoms with Crippen molar-refractivity contribution in [2.75, 3.05) is 6.61 Å². The summed E-state index contributed by atoms with van der Waals surface area (Å²) in [6.07, 6.45) is 1.13. The summed E-state index contributed by atoms with van der Waals surface area (Å²) in [4.78, 5) is 0. The van der Waals surface area contributed by atoms with Crippen molar-refractivity contribution in [2.24, 2.45) is 5.92 Å². The molecule has 3 unspecified atom stereocenters. The monoisotopic (exact) mass is 152 g/mol. The van der Waals surface area contributed by atoms with E-state index in [0.29, 0.717) is 5.92 Å². The van der Waals surface area contributed by atoms with E-state index in [1.54, 1.807) is 0 Å². The minimum absolute atomic E-state index is 0.0654. The zero-order chi connectivity index (χ0) is 8.06. The van der Waals surface area contributed by atoms with E-state index in [1.807, 2.05) is 0 Å². The van der Waals surface area contributed by atoms with Gasteiger partial charge in [0.1, 0.15) is 7.85 Å². The molecule has 2 fully saturated rings. The minimum Gasteiger partial charge on any atom is -0.376 e. The van der Waals surface area contributed by atoms with Gasteiger partial charge < -0.3 is 9.47 Å². The molecule has 0 aromatic heterocycles. The summed E-state index contributed by atoms with van der Waals surface area (Å²) >= 11 is 0. The predicted octanol–water partition coefficient (Wildman–Crippen LogP) is 0.695. The summed E-state index contributed by atoms with van der Waals surface area (Å²) in [7, 11) is 5.72. The molecule has 2 heterocycles. The molecule has 2 nitrogen and oxygen atoms in total. The molecule has 11 heavy (non-hydrogen) atoms. The van der Waals surface area contributed by atoms with E-state index in [1.165, 1.54) is 0 Å². The molecular formula is C8H13BO2. The molecule has 60 valence electrons. The topological polar surface area (TPSA) is 18.5 Å². The van der Waals surface area contributed by atoms with Crippen LogP contribution in [0.25, 0.3) is 0 Å². The Morgan fingerprint density at radius 2 is 2.36 bits per heavy atom. The van der Waals surface area contributed by atoms with Crippen LogP contribution in [0.15, 0.2) is 0 Å². The molecule has 0 saturated carbocycles. The van der Waals surface area contributed by atoms with Gasteiger partial charge in [-0.1, -0.05) is 13.8 Å². The average Bonchev–Trinajstić information content (AvgIpc) is 2.42. The Morgan fingerprint density at radius 1 is 1.64 bits per heavy atom. The van der Waals surface area contributed by atoms with Crippen molar-refractivity contribution in [1.82, 2.24) is 0 Å². The molecule has 2 aliphatic rings. The molecule has 0 aromatic carbocycles. The van der Waals surface area contributed by atoms with Gasteiger partial charge in [-0.2, -0.15) is 0 Å². The van der Waals surface area contributed by atoms with Gasteiger partial charge in [-0.15, -0.1) is 0 Å². The summed E-state index contributed by atoms with van der Waals surface area (Å²) in [6.45, 7) is 5.01. The first kappa shape index (κ1) is 7.62. The Morgan fingerprint density at radius 3 is 2.64 bits per heavy atom. The first-order chi connectivity index (χ1) is 5.19. The van der Waals surface area contributed by atoms with Crippen LogP contribution in [0.4, 0.5) is 0 Å². The average molecular weight is 152 g/mol. The Kier molecular flexibility index (Phi) is 1.55. The van der Waals surface area contributed by atoms with Crippen molar-refractivity contribution in [1.29, 1.82) is 0 Å². The standard InChI is InChI=1S/C8H13BO2/c1-3-8-4-10-6(5(8)2)7(9)11-8/h5-7H,3-4H2,1-2H3/t5?,6?,7?,8-/m1/s1. The largest absolute Gasteiger partial charge is 0.376 e. The second-order valence-corrected chi connectivity index (χ2v) is 3.57. The van der Waals surface area contributed by atoms with Crippen LogP contribution in [0.2, 0.25) is 0 Å². The van der Waals surface area contributed by atoms with Crippen molar-refractivity contribution in [3.8, 4) is 0 Å². The Hall–Kier alpha value is -0.0151. The second-order valence-electron chi connectivity index (χ2n) is 3.57. The molecule has 2 radical (unpaired) electrons. The van der Waals surface area contributed by atoms with E-state index in [-0.39, 0.29) is 17.7 Å². The molecule has 4 atom stereocenters. The quantitative estimate of drug-likeness (QED) is 0.514. The third-order valence-corrected chi connectivity index (χ3v) is 3.14. The van der Waals surface area contributed by atoms with Gasteiger partial charge in [0.2, 0.25) is 0 Å². The highest BCUT2D eigenvalue weighted by atomic mass is 16.6. The Bertz CT molecular complexity index is 173. The smallest absolute Gasteiger partial charge is 0.112 e. The van der Waals surface area contributed by atoms with Gasteiger partial charge in [-0.3, -0.25) is 0 Å². The molecular weight excluding hydrogens is 139 g/mol. The third-order valence-electron chi connectivity index (χ3n) is 3.14. The van der Waals surface area contributed by atoms with Crippen LogP contribution >= 0.6 is 0 Å². The highest BCUT2D eigenvalue weighted by Gasteiger charge is 2.55. The van der Waals surface area contributed by atoms with Gasteiger partial charge in [-0.25, -0.2) is 0 Å². The lowest BCUT2D eigenvalue weighted by atomic mass is 9.85. The second kappa shape index (κ2) is 2.24. The summed E-state index contributed by atoms with van der Waals surface area (Å²) in [5.41, 5.74) is -0.0654. The van der Waals surface area contributed by atoms with Gasteiger partial charge in [0.15, 0.2) is 0 Å². The normalized spacial score (nSPS) is 55.3. The number of ether oxygens (including phenoxy) is 2. The van der Waals surface area contributed by atoms with Crippen molar-refractivity contribution < 1.29 is 9.47 Å². The highest BCUT2D eigenvalue weighted by molar-refractivity contribution is 6.11. The molecule has 0 amide bonds. The van der Waals surface area contributed by atoms with Gasteiger partial charge in [0.05, 0.1) is 18.3 Å². The first-order valence-electron chi connectivity index (χ1n) is 4.24. The highest BCUT2D eigenvalue weighted by Crippen LogP contribution is 2.45. The lowest BCUT2D eigenvalue weighted by Crippen LogP contribution is -2.37. The molecule has 0 aromatic rings. The Labute approximate surface area is 68.7 Å². The SMILES string of the molecule is [B]C1O[C@]2(CC)COC1C2C. The first-order valence-corrected chi connectivity index (χ1v) is 4.24. The fourth-order valence-electron chi connectivity index (χ4n) is 2.18. The maximum Gasteiger partial charge on any atom is 0.112 e. The predicted molar refractivity (Wildman–Crippen MR) is 42.6 cm³/mol. The number of rotatable bonds is 1. The van der Waals surface area contributed by atoms with Crippen LogP contribution in [0, 0.1) is 5.92 Å². The van der Waals surface area contributed by atoms with Crippen LogP contribution in [-0.4, -0.2) is 32.2 Å². The van der Waals surface area contributed by atoms with E-state index in [4.69, 9.17) is 17.3 Å². The molecule has 2 aliphatic heterocycles. The van der Waals surface area contributed by atoms with E-state index in [2.05, 4.69) is 13.8 Å². The number of hydrogen-bond donors (Lipinski definition) is 0. The summed E-state index contributed by atoms with van der Waals surface area (Å²) < 4.78 is 11.2. The Balaban J connectivity index is 2.24. The van der Waals surface area contributed by atoms with Crippen LogP contribution in [0.3, 0.4) is 0 Å². The molecule has 2 bridgehead atoms. The van der Waals surface area contributed by atoms with E-state index in [0.717, 1.165) is 13.0 Å². The molecule has 0 spiro atoms. The van der Waals surface area contributed by atoms with Crippen molar-refractivity contribution in [3.05, 3.63) is 0 Å². The third kappa shape index (κ3) is 0.813. The van der Waals surface area contributed by atoms with Gasteiger partial charge in [0.25, 0.3) is 0 Å². The van der Waals surface area contributed by atoms with Crippen LogP contribution < -0.4 is 0 Å². The number of hydrogen-bond acceptors (Lipinski definition) is 2. The molecule has 2 rings (SSSR count). The minimum atomic E-state index is -0.196. The molecule has 3 heteroatoms. The van der Waals surface area contributed by atoms with Crippen molar-refractivity contribution in [2.45, 2.75) is 38.0 Å². The van der Waals surface area contributed by atoms with Crippen LogP contribution in [0.5, 0.6) is 0 Å². The summed E-state index contributed by atoms with van der Waals surface area (Å²) in [5, 5.41) is 0. The van der Waals surface area contributed by atoms with Gasteiger partial charge in [-0.05, 0) is 6.42 Å². The van der Waals surface area contributed by atoms with Crippen LogP contribution in [0.1, 0.15) is 20.3 Å². The van der Waals surface area contributed by atoms with E-state index < -0.39 is 0 Å². The van der Waals surface area contributed by atoms with E-state index >= 15 is 0 Å². The number of fused-ring (bicyclic) bond motifs is 2. The maximum absolute atomic E-state index is 5.72. The lowest BCUT2D eigenvalue weighted by Gasteiger charge is -2.29. The molecule has 0 N–H and O–H groups in total. The van der Waals surface area contributed by atoms with Crippen LogP contribution in [-0.2, 0) is 9.47 Å².